The molecule has 1 aromatic carbocycles. The van der Waals surface area contributed by atoms with Crippen molar-refractivity contribution in [1.29, 1.82) is 0 Å². The standard InChI is InChI=1S/C18H21FN4O2S/c1-12(2)11-23-17(13-5-3-4-6-14(13)19)20-21-18(23)26-10-9-22-15(24)7-8-16(22)25/h3-6,12H,7-11H2,1-2H3. The second kappa shape index (κ2) is 7.99. The number of rotatable bonds is 7. The first-order valence-corrected chi connectivity index (χ1v) is 9.60. The lowest BCUT2D eigenvalue weighted by molar-refractivity contribution is -0.137. The normalized spacial score (nSPS) is 14.7. The van der Waals surface area contributed by atoms with Crippen LogP contribution in [-0.2, 0) is 16.1 Å². The number of thioether (sulfide) groups is 1. The van der Waals surface area contributed by atoms with E-state index in [9.17, 15) is 14.0 Å². The summed E-state index contributed by atoms with van der Waals surface area (Å²) in [6, 6.07) is 6.50. The smallest absolute Gasteiger partial charge is 0.229 e. The lowest BCUT2D eigenvalue weighted by atomic mass is 10.2. The van der Waals surface area contributed by atoms with Crippen LogP contribution < -0.4 is 0 Å². The van der Waals surface area contributed by atoms with Gasteiger partial charge in [-0.3, -0.25) is 14.5 Å². The van der Waals surface area contributed by atoms with Gasteiger partial charge in [0, 0.05) is 31.7 Å². The zero-order valence-electron chi connectivity index (χ0n) is 14.8. The monoisotopic (exact) mass is 376 g/mol. The highest BCUT2D eigenvalue weighted by Gasteiger charge is 2.28. The van der Waals surface area contributed by atoms with Crippen LogP contribution >= 0.6 is 11.8 Å². The van der Waals surface area contributed by atoms with Gasteiger partial charge in [-0.25, -0.2) is 4.39 Å². The van der Waals surface area contributed by atoms with E-state index in [4.69, 9.17) is 0 Å². The van der Waals surface area contributed by atoms with Gasteiger partial charge < -0.3 is 4.57 Å². The van der Waals surface area contributed by atoms with E-state index < -0.39 is 0 Å². The van der Waals surface area contributed by atoms with E-state index in [0.717, 1.165) is 0 Å². The van der Waals surface area contributed by atoms with E-state index in [0.29, 0.717) is 54.1 Å². The Kier molecular flexibility index (Phi) is 5.70. The zero-order valence-corrected chi connectivity index (χ0v) is 15.6. The van der Waals surface area contributed by atoms with Gasteiger partial charge in [0.15, 0.2) is 11.0 Å². The molecular weight excluding hydrogens is 355 g/mol. The van der Waals surface area contributed by atoms with Crippen molar-refractivity contribution < 1.29 is 14.0 Å². The van der Waals surface area contributed by atoms with Gasteiger partial charge in [0.1, 0.15) is 5.82 Å². The van der Waals surface area contributed by atoms with Gasteiger partial charge >= 0.3 is 0 Å². The number of benzene rings is 1. The molecule has 0 atom stereocenters. The molecule has 0 unspecified atom stereocenters. The van der Waals surface area contributed by atoms with Gasteiger partial charge in [0.25, 0.3) is 0 Å². The van der Waals surface area contributed by atoms with Crippen LogP contribution in [0.3, 0.4) is 0 Å². The van der Waals surface area contributed by atoms with Crippen LogP contribution in [0.2, 0.25) is 0 Å². The van der Waals surface area contributed by atoms with E-state index in [1.165, 1.54) is 22.7 Å². The van der Waals surface area contributed by atoms with Gasteiger partial charge in [-0.05, 0) is 18.1 Å². The Labute approximate surface area is 155 Å². The van der Waals surface area contributed by atoms with E-state index in [1.54, 1.807) is 18.2 Å². The number of halogens is 1. The molecule has 2 amide bonds. The Morgan fingerprint density at radius 1 is 1.15 bits per heavy atom. The maximum absolute atomic E-state index is 14.2. The summed E-state index contributed by atoms with van der Waals surface area (Å²) in [5, 5.41) is 9.06. The maximum atomic E-state index is 14.2. The average Bonchev–Trinajstić information content (AvgIpc) is 3.13. The molecule has 3 rings (SSSR count). The zero-order chi connectivity index (χ0) is 18.7. The van der Waals surface area contributed by atoms with Crippen molar-refractivity contribution in [3.63, 3.8) is 0 Å². The first-order chi connectivity index (χ1) is 12.5. The fraction of sp³-hybridized carbons (Fsp3) is 0.444. The van der Waals surface area contributed by atoms with Gasteiger partial charge in [0.05, 0.1) is 5.56 Å². The molecule has 0 radical (unpaired) electrons. The molecule has 0 spiro atoms. The van der Waals surface area contributed by atoms with Crippen LogP contribution in [0.1, 0.15) is 26.7 Å². The largest absolute Gasteiger partial charge is 0.302 e. The molecule has 2 aromatic rings. The van der Waals surface area contributed by atoms with E-state index in [-0.39, 0.29) is 17.6 Å². The molecule has 0 saturated carbocycles. The van der Waals surface area contributed by atoms with Crippen molar-refractivity contribution in [3.8, 4) is 11.4 Å². The Bertz CT molecular complexity index is 805. The van der Waals surface area contributed by atoms with Crippen LogP contribution in [0.15, 0.2) is 29.4 Å². The number of hydrogen-bond acceptors (Lipinski definition) is 5. The highest BCUT2D eigenvalue weighted by molar-refractivity contribution is 7.99. The highest BCUT2D eigenvalue weighted by atomic mass is 32.2. The minimum atomic E-state index is -0.338. The summed E-state index contributed by atoms with van der Waals surface area (Å²) in [5.74, 6) is 0.780. The molecule has 0 aliphatic carbocycles. The summed E-state index contributed by atoms with van der Waals surface area (Å²) >= 11 is 1.42. The fourth-order valence-electron chi connectivity index (χ4n) is 2.87. The molecule has 1 aromatic heterocycles. The second-order valence-electron chi connectivity index (χ2n) is 6.58. The Morgan fingerprint density at radius 3 is 2.50 bits per heavy atom. The molecule has 138 valence electrons. The highest BCUT2D eigenvalue weighted by Crippen LogP contribution is 2.27. The van der Waals surface area contributed by atoms with Gasteiger partial charge in [-0.15, -0.1) is 10.2 Å². The molecule has 1 aliphatic heterocycles. The third-order valence-corrected chi connectivity index (χ3v) is 5.03. The predicted octanol–water partition coefficient (Wildman–Crippen LogP) is 2.98. The molecule has 0 bridgehead atoms. The number of hydrogen-bond donors (Lipinski definition) is 0. The number of imide groups is 1. The average molecular weight is 376 g/mol. The number of nitrogens with zero attached hydrogens (tertiary/aromatic N) is 4. The third-order valence-electron chi connectivity index (χ3n) is 4.08. The van der Waals surface area contributed by atoms with Crippen LogP contribution in [0.4, 0.5) is 4.39 Å². The first-order valence-electron chi connectivity index (χ1n) is 8.61. The van der Waals surface area contributed by atoms with E-state index >= 15 is 0 Å². The Morgan fingerprint density at radius 2 is 1.85 bits per heavy atom. The number of likely N-dealkylation sites (tertiary alicyclic amines) is 1. The van der Waals surface area contributed by atoms with Crippen molar-refractivity contribution in [2.75, 3.05) is 12.3 Å². The minimum Gasteiger partial charge on any atom is -0.302 e. The molecule has 6 nitrogen and oxygen atoms in total. The van der Waals surface area contributed by atoms with Gasteiger partial charge in [-0.2, -0.15) is 0 Å². The van der Waals surface area contributed by atoms with Crippen molar-refractivity contribution >= 4 is 23.6 Å². The minimum absolute atomic E-state index is 0.119. The summed E-state index contributed by atoms with van der Waals surface area (Å²) in [6.45, 7) is 5.15. The second-order valence-corrected chi connectivity index (χ2v) is 7.64. The molecule has 1 saturated heterocycles. The third kappa shape index (κ3) is 3.95. The summed E-state index contributed by atoms with van der Waals surface area (Å²) in [6.07, 6.45) is 0.592. The topological polar surface area (TPSA) is 68.1 Å². The van der Waals surface area contributed by atoms with Crippen LogP contribution in [-0.4, -0.2) is 43.8 Å². The Balaban J connectivity index is 1.78. The van der Waals surface area contributed by atoms with Crippen molar-refractivity contribution in [2.45, 2.75) is 38.4 Å². The number of amides is 2. The van der Waals surface area contributed by atoms with Gasteiger partial charge in [-0.1, -0.05) is 37.7 Å². The molecular formula is C18H21FN4O2S. The lowest BCUT2D eigenvalue weighted by Gasteiger charge is -2.15. The molecule has 2 heterocycles. The SMILES string of the molecule is CC(C)Cn1c(SCCN2C(=O)CCC2=O)nnc1-c1ccccc1F. The van der Waals surface area contributed by atoms with Crippen molar-refractivity contribution in [2.24, 2.45) is 5.92 Å². The predicted molar refractivity (Wildman–Crippen MR) is 96.9 cm³/mol. The maximum Gasteiger partial charge on any atom is 0.229 e. The quantitative estimate of drug-likeness (QED) is 0.549. The van der Waals surface area contributed by atoms with E-state index in [1.807, 2.05) is 4.57 Å². The van der Waals surface area contributed by atoms with Gasteiger partial charge in [0.2, 0.25) is 11.8 Å². The number of carbonyl (C=O) groups excluding carboxylic acids is 2. The number of carbonyl (C=O) groups is 2. The van der Waals surface area contributed by atoms with Crippen LogP contribution in [0, 0.1) is 11.7 Å². The molecule has 8 heteroatoms. The van der Waals surface area contributed by atoms with Crippen LogP contribution in [0.25, 0.3) is 11.4 Å². The first kappa shape index (κ1) is 18.6. The molecule has 1 aliphatic rings. The summed E-state index contributed by atoms with van der Waals surface area (Å²) in [7, 11) is 0. The van der Waals surface area contributed by atoms with Crippen molar-refractivity contribution in [1.82, 2.24) is 19.7 Å². The van der Waals surface area contributed by atoms with Crippen LogP contribution in [0.5, 0.6) is 0 Å². The fourth-order valence-corrected chi connectivity index (χ4v) is 3.74. The summed E-state index contributed by atoms with van der Waals surface area (Å²) in [5.41, 5.74) is 0.414. The summed E-state index contributed by atoms with van der Waals surface area (Å²) < 4.78 is 16.1. The summed E-state index contributed by atoms with van der Waals surface area (Å²) in [4.78, 5) is 24.7. The molecule has 26 heavy (non-hydrogen) atoms. The van der Waals surface area contributed by atoms with Crippen molar-refractivity contribution in [3.05, 3.63) is 30.1 Å². The number of aromatic nitrogens is 3. The van der Waals surface area contributed by atoms with E-state index in [2.05, 4.69) is 24.0 Å². The lowest BCUT2D eigenvalue weighted by Crippen LogP contribution is -2.31. The Hall–Kier alpha value is -2.22. The molecule has 0 N–H and O–H groups in total. The molecule has 1 fully saturated rings.